The fraction of sp³-hybridized carbons (Fsp3) is 0.222. The zero-order chi connectivity index (χ0) is 15.9. The van der Waals surface area contributed by atoms with E-state index < -0.39 is 6.10 Å². The Hall–Kier alpha value is -2.64. The normalized spacial score (nSPS) is 11.5. The first-order valence-corrected chi connectivity index (χ1v) is 7.09. The number of ketones is 1. The van der Waals surface area contributed by atoms with Crippen molar-refractivity contribution >= 4 is 11.5 Å². The molecule has 1 atom stereocenters. The van der Waals surface area contributed by atoms with E-state index in [1.165, 1.54) is 0 Å². The molecule has 2 aromatic carbocycles. The average Bonchev–Trinajstić information content (AvgIpc) is 2.59. The second kappa shape index (κ2) is 7.39. The Morgan fingerprint density at radius 1 is 1.18 bits per heavy atom. The summed E-state index contributed by atoms with van der Waals surface area (Å²) in [4.78, 5) is 14.2. The Morgan fingerprint density at radius 3 is 2.41 bits per heavy atom. The summed E-state index contributed by atoms with van der Waals surface area (Å²) in [5.74, 6) is -0.322. The zero-order valence-corrected chi connectivity index (χ0v) is 12.4. The van der Waals surface area contributed by atoms with Crippen LogP contribution in [-0.2, 0) is 0 Å². The van der Waals surface area contributed by atoms with Gasteiger partial charge in [0.2, 0.25) is 0 Å². The number of carbonyl (C=O) groups is 1. The SMILES string of the molecule is CN(CCC#N)c1ccc(C(=O)C(O)c2ccccc2)cc1. The van der Waals surface area contributed by atoms with Crippen molar-refractivity contribution in [3.05, 3.63) is 65.7 Å². The smallest absolute Gasteiger partial charge is 0.195 e. The first-order chi connectivity index (χ1) is 10.6. The highest BCUT2D eigenvalue weighted by Crippen LogP contribution is 2.20. The largest absolute Gasteiger partial charge is 0.380 e. The summed E-state index contributed by atoms with van der Waals surface area (Å²) >= 11 is 0. The maximum Gasteiger partial charge on any atom is 0.195 e. The van der Waals surface area contributed by atoms with Crippen molar-refractivity contribution in [1.82, 2.24) is 0 Å². The summed E-state index contributed by atoms with van der Waals surface area (Å²) < 4.78 is 0. The van der Waals surface area contributed by atoms with Crippen LogP contribution >= 0.6 is 0 Å². The van der Waals surface area contributed by atoms with Gasteiger partial charge in [0.05, 0.1) is 12.5 Å². The van der Waals surface area contributed by atoms with Gasteiger partial charge in [-0.2, -0.15) is 5.26 Å². The highest BCUT2D eigenvalue weighted by molar-refractivity contribution is 6.00. The molecule has 0 fully saturated rings. The Kier molecular flexibility index (Phi) is 5.29. The van der Waals surface area contributed by atoms with Crippen LogP contribution in [0, 0.1) is 11.3 Å². The molecule has 1 N–H and O–H groups in total. The van der Waals surface area contributed by atoms with E-state index in [4.69, 9.17) is 5.26 Å². The molecule has 0 aliphatic rings. The summed E-state index contributed by atoms with van der Waals surface area (Å²) in [6, 6.07) is 18.0. The number of nitriles is 1. The minimum Gasteiger partial charge on any atom is -0.380 e. The number of benzene rings is 2. The Bertz CT molecular complexity index is 660. The second-order valence-electron chi connectivity index (χ2n) is 5.05. The molecule has 0 saturated heterocycles. The van der Waals surface area contributed by atoms with Gasteiger partial charge in [-0.1, -0.05) is 30.3 Å². The minimum atomic E-state index is -1.15. The van der Waals surface area contributed by atoms with Crippen LogP contribution in [0.3, 0.4) is 0 Å². The number of anilines is 1. The van der Waals surface area contributed by atoms with E-state index >= 15 is 0 Å². The van der Waals surface area contributed by atoms with E-state index in [1.807, 2.05) is 30.1 Å². The van der Waals surface area contributed by atoms with E-state index in [1.54, 1.807) is 36.4 Å². The van der Waals surface area contributed by atoms with Crippen LogP contribution in [0.25, 0.3) is 0 Å². The molecule has 112 valence electrons. The second-order valence-corrected chi connectivity index (χ2v) is 5.05. The van der Waals surface area contributed by atoms with Gasteiger partial charge in [0.1, 0.15) is 6.10 Å². The van der Waals surface area contributed by atoms with Gasteiger partial charge < -0.3 is 10.0 Å². The minimum absolute atomic E-state index is 0.322. The van der Waals surface area contributed by atoms with E-state index in [0.717, 1.165) is 5.69 Å². The van der Waals surface area contributed by atoms with Gasteiger partial charge in [-0.3, -0.25) is 4.79 Å². The molecule has 0 aliphatic carbocycles. The summed E-state index contributed by atoms with van der Waals surface area (Å²) in [5.41, 5.74) is 1.98. The summed E-state index contributed by atoms with van der Waals surface area (Å²) in [5, 5.41) is 18.7. The molecule has 4 heteroatoms. The molecule has 2 rings (SSSR count). The zero-order valence-electron chi connectivity index (χ0n) is 12.4. The molecule has 1 unspecified atom stereocenters. The standard InChI is InChI=1S/C18H18N2O2/c1-20(13-5-12-19)16-10-8-15(9-11-16)18(22)17(21)14-6-3-2-4-7-14/h2-4,6-11,17,21H,5,13H2,1H3. The molecular weight excluding hydrogens is 276 g/mol. The van der Waals surface area contributed by atoms with Crippen LogP contribution < -0.4 is 4.90 Å². The lowest BCUT2D eigenvalue weighted by Gasteiger charge is -2.18. The van der Waals surface area contributed by atoms with Gasteiger partial charge in [0, 0.05) is 24.8 Å². The Morgan fingerprint density at radius 2 is 1.82 bits per heavy atom. The van der Waals surface area contributed by atoms with Crippen molar-refractivity contribution in [3.8, 4) is 6.07 Å². The number of rotatable bonds is 6. The highest BCUT2D eigenvalue weighted by atomic mass is 16.3. The van der Waals surface area contributed by atoms with Gasteiger partial charge >= 0.3 is 0 Å². The maximum atomic E-state index is 12.3. The topological polar surface area (TPSA) is 64.3 Å². The van der Waals surface area contributed by atoms with Gasteiger partial charge in [-0.25, -0.2) is 0 Å². The lowest BCUT2D eigenvalue weighted by atomic mass is 10.00. The Balaban J connectivity index is 2.10. The van der Waals surface area contributed by atoms with Crippen molar-refractivity contribution in [2.45, 2.75) is 12.5 Å². The first-order valence-electron chi connectivity index (χ1n) is 7.09. The molecule has 0 spiro atoms. The summed E-state index contributed by atoms with van der Waals surface area (Å²) in [7, 11) is 1.90. The number of carbonyl (C=O) groups excluding carboxylic acids is 1. The fourth-order valence-corrected chi connectivity index (χ4v) is 2.17. The molecule has 0 heterocycles. The van der Waals surface area contributed by atoms with Crippen LogP contribution in [0.1, 0.15) is 28.4 Å². The summed E-state index contributed by atoms with van der Waals surface area (Å²) in [6.45, 7) is 0.635. The predicted molar refractivity (Wildman–Crippen MR) is 85.7 cm³/mol. The molecule has 0 aliphatic heterocycles. The number of hydrogen-bond acceptors (Lipinski definition) is 4. The van der Waals surface area contributed by atoms with Gasteiger partial charge in [-0.05, 0) is 29.8 Å². The van der Waals surface area contributed by atoms with E-state index in [0.29, 0.717) is 24.1 Å². The fourth-order valence-electron chi connectivity index (χ4n) is 2.17. The van der Waals surface area contributed by atoms with Gasteiger partial charge in [-0.15, -0.1) is 0 Å². The maximum absolute atomic E-state index is 12.3. The average molecular weight is 294 g/mol. The van der Waals surface area contributed by atoms with E-state index in [-0.39, 0.29) is 5.78 Å². The third kappa shape index (κ3) is 3.72. The molecule has 0 saturated carbocycles. The molecule has 0 bridgehead atoms. The summed E-state index contributed by atoms with van der Waals surface area (Å²) in [6.07, 6.45) is -0.701. The third-order valence-electron chi connectivity index (χ3n) is 3.52. The number of hydrogen-bond donors (Lipinski definition) is 1. The van der Waals surface area contributed by atoms with E-state index in [2.05, 4.69) is 6.07 Å². The van der Waals surface area contributed by atoms with Crippen LogP contribution in [0.15, 0.2) is 54.6 Å². The van der Waals surface area contributed by atoms with Crippen LogP contribution in [0.4, 0.5) is 5.69 Å². The molecule has 22 heavy (non-hydrogen) atoms. The lowest BCUT2D eigenvalue weighted by molar-refractivity contribution is 0.0747. The third-order valence-corrected chi connectivity index (χ3v) is 3.52. The molecule has 2 aromatic rings. The number of aliphatic hydroxyl groups excluding tert-OH is 1. The molecule has 0 aromatic heterocycles. The highest BCUT2D eigenvalue weighted by Gasteiger charge is 2.18. The quantitative estimate of drug-likeness (QED) is 0.832. The monoisotopic (exact) mass is 294 g/mol. The molecule has 0 amide bonds. The molecular formula is C18H18N2O2. The number of nitrogens with zero attached hydrogens (tertiary/aromatic N) is 2. The van der Waals surface area contributed by atoms with Gasteiger partial charge in [0.25, 0.3) is 0 Å². The first kappa shape index (κ1) is 15.7. The van der Waals surface area contributed by atoms with Crippen LogP contribution in [0.2, 0.25) is 0 Å². The van der Waals surface area contributed by atoms with Crippen molar-refractivity contribution < 1.29 is 9.90 Å². The van der Waals surface area contributed by atoms with E-state index in [9.17, 15) is 9.90 Å². The Labute approximate surface area is 130 Å². The van der Waals surface area contributed by atoms with Gasteiger partial charge in [0.15, 0.2) is 5.78 Å². The lowest BCUT2D eigenvalue weighted by Crippen LogP contribution is -2.18. The molecule has 0 radical (unpaired) electrons. The van der Waals surface area contributed by atoms with Crippen molar-refractivity contribution in [2.75, 3.05) is 18.5 Å². The van der Waals surface area contributed by atoms with Crippen molar-refractivity contribution in [3.63, 3.8) is 0 Å². The number of Topliss-reactive ketones (excluding diaryl/α,β-unsaturated/α-hetero) is 1. The van der Waals surface area contributed by atoms with Crippen molar-refractivity contribution in [2.24, 2.45) is 0 Å². The van der Waals surface area contributed by atoms with Crippen LogP contribution in [-0.4, -0.2) is 24.5 Å². The van der Waals surface area contributed by atoms with Crippen molar-refractivity contribution in [1.29, 1.82) is 5.26 Å². The van der Waals surface area contributed by atoms with Crippen LogP contribution in [0.5, 0.6) is 0 Å². The molecule has 4 nitrogen and oxygen atoms in total. The number of aliphatic hydroxyl groups is 1. The predicted octanol–water partition coefficient (Wildman–Crippen LogP) is 2.95.